The molecule has 0 saturated heterocycles. The van der Waals surface area contributed by atoms with Crippen LogP contribution in [0.25, 0.3) is 82.9 Å². The third-order valence-electron chi connectivity index (χ3n) is 12.2. The van der Waals surface area contributed by atoms with Crippen LogP contribution < -0.4 is 0 Å². The van der Waals surface area contributed by atoms with Gasteiger partial charge in [0.15, 0.2) is 5.84 Å². The molecule has 0 N–H and O–H groups in total. The van der Waals surface area contributed by atoms with Gasteiger partial charge in [-0.25, -0.2) is 9.98 Å². The van der Waals surface area contributed by atoms with Crippen molar-refractivity contribution in [3.05, 3.63) is 253 Å². The van der Waals surface area contributed by atoms with Gasteiger partial charge in [-0.15, -0.1) is 5.73 Å². The Morgan fingerprint density at radius 1 is 0.375 bits per heavy atom. The van der Waals surface area contributed by atoms with E-state index in [1.165, 1.54) is 43.7 Å². The Bertz CT molecular complexity index is 3640. The van der Waals surface area contributed by atoms with Crippen molar-refractivity contribution in [3.8, 4) is 33.6 Å². The number of amidine groups is 1. The SMILES string of the molecule is C=C=C(/N=C(\N=C(/C)c1cccc(-c2ccc3c(c2)c2cc(-c4ccc5c(c4)c4ccccc4n5-c4ccccc4)ccc2n3-c2ccccc2)c1)c1ccccc1)c1ccccc1. The summed E-state index contributed by atoms with van der Waals surface area (Å²) in [6.07, 6.45) is 0. The molecule has 0 bridgehead atoms. The Hall–Kier alpha value is -8.56. The highest BCUT2D eigenvalue weighted by Crippen LogP contribution is 2.39. The van der Waals surface area contributed by atoms with E-state index in [0.717, 1.165) is 55.9 Å². The molecule has 4 heteroatoms. The molecule has 0 unspecified atom stereocenters. The molecule has 4 nitrogen and oxygen atoms in total. The van der Waals surface area contributed by atoms with E-state index in [0.29, 0.717) is 11.5 Å². The van der Waals surface area contributed by atoms with Crippen LogP contribution in [0.3, 0.4) is 0 Å². The number of aromatic nitrogens is 2. The van der Waals surface area contributed by atoms with Gasteiger partial charge in [0.2, 0.25) is 0 Å². The van der Waals surface area contributed by atoms with Crippen LogP contribution in [0.2, 0.25) is 0 Å². The molecule has 0 spiro atoms. The van der Waals surface area contributed by atoms with Crippen molar-refractivity contribution in [2.75, 3.05) is 0 Å². The van der Waals surface area contributed by atoms with E-state index >= 15 is 0 Å². The first kappa shape index (κ1) is 38.4. The predicted octanol–water partition coefficient (Wildman–Crippen LogP) is 15.3. The van der Waals surface area contributed by atoms with Gasteiger partial charge in [-0.1, -0.05) is 158 Å². The van der Waals surface area contributed by atoms with Crippen molar-refractivity contribution in [1.29, 1.82) is 0 Å². The van der Waals surface area contributed by atoms with Crippen molar-refractivity contribution in [2.45, 2.75) is 6.92 Å². The van der Waals surface area contributed by atoms with Crippen molar-refractivity contribution >= 4 is 60.9 Å². The maximum Gasteiger partial charge on any atom is 0.160 e. The van der Waals surface area contributed by atoms with Gasteiger partial charge < -0.3 is 9.13 Å². The van der Waals surface area contributed by atoms with Crippen LogP contribution in [-0.4, -0.2) is 20.7 Å². The van der Waals surface area contributed by atoms with E-state index in [-0.39, 0.29) is 0 Å². The summed E-state index contributed by atoms with van der Waals surface area (Å²) < 4.78 is 4.75. The van der Waals surface area contributed by atoms with Gasteiger partial charge in [0.05, 0.1) is 22.1 Å². The lowest BCUT2D eigenvalue weighted by atomic mass is 9.98. The standard InChI is InChI=1S/C60H42N4/c1-3-55(42-19-8-4-9-20-42)62-60(43-21-10-5-11-22-43)61-41(2)44-23-18-24-45(37-44)46-31-35-58-53(39-46)54-40-48(33-36-59(54)64(58)50-27-14-7-15-28-50)47-32-34-57-52(38-47)51-29-16-17-30-56(51)63(57)49-25-12-6-13-26-49/h4-40H,1H2,2H3/b61-41+,62-60-. The van der Waals surface area contributed by atoms with Crippen LogP contribution in [0.1, 0.15) is 23.6 Å². The van der Waals surface area contributed by atoms with E-state index in [2.05, 4.69) is 185 Å². The Morgan fingerprint density at radius 3 is 1.33 bits per heavy atom. The van der Waals surface area contributed by atoms with Gasteiger partial charge in [0.25, 0.3) is 0 Å². The molecule has 0 aliphatic heterocycles. The summed E-state index contributed by atoms with van der Waals surface area (Å²) in [5.74, 6) is 0.602. The molecule has 0 aliphatic carbocycles. The van der Waals surface area contributed by atoms with E-state index < -0.39 is 0 Å². The lowest BCUT2D eigenvalue weighted by molar-refractivity contribution is 1.18. The largest absolute Gasteiger partial charge is 0.309 e. The monoisotopic (exact) mass is 818 g/mol. The fraction of sp³-hybridized carbons (Fsp3) is 0.0167. The first-order chi connectivity index (χ1) is 31.6. The lowest BCUT2D eigenvalue weighted by Gasteiger charge is -2.10. The van der Waals surface area contributed by atoms with Crippen LogP contribution in [-0.2, 0) is 0 Å². The predicted molar refractivity (Wildman–Crippen MR) is 270 cm³/mol. The van der Waals surface area contributed by atoms with Crippen molar-refractivity contribution in [1.82, 2.24) is 9.13 Å². The Labute approximate surface area is 372 Å². The highest BCUT2D eigenvalue weighted by atomic mass is 15.0. The number of hydrogen-bond donors (Lipinski definition) is 0. The molecule has 0 aliphatic rings. The van der Waals surface area contributed by atoms with E-state index in [1.54, 1.807) is 0 Å². The number of rotatable bonds is 8. The van der Waals surface area contributed by atoms with E-state index in [1.807, 2.05) is 67.6 Å². The molecular weight excluding hydrogens is 777 g/mol. The third-order valence-corrected chi connectivity index (χ3v) is 12.2. The third kappa shape index (κ3) is 6.95. The summed E-state index contributed by atoms with van der Waals surface area (Å²) >= 11 is 0. The molecule has 302 valence electrons. The zero-order valence-corrected chi connectivity index (χ0v) is 35.4. The molecule has 2 aromatic heterocycles. The number of hydrogen-bond acceptors (Lipinski definition) is 1. The number of aliphatic imine (C=N–C) groups is 2. The zero-order chi connectivity index (χ0) is 43.0. The maximum absolute atomic E-state index is 5.16. The van der Waals surface area contributed by atoms with E-state index in [4.69, 9.17) is 9.98 Å². The van der Waals surface area contributed by atoms with Crippen LogP contribution in [0, 0.1) is 0 Å². The second-order valence-electron chi connectivity index (χ2n) is 16.0. The summed E-state index contributed by atoms with van der Waals surface area (Å²) in [7, 11) is 0. The van der Waals surface area contributed by atoms with Crippen LogP contribution in [0.5, 0.6) is 0 Å². The van der Waals surface area contributed by atoms with E-state index in [9.17, 15) is 0 Å². The quantitative estimate of drug-likeness (QED) is 0.0832. The Balaban J connectivity index is 1.02. The summed E-state index contributed by atoms with van der Waals surface area (Å²) in [6, 6.07) is 79.4. The number of nitrogens with zero attached hydrogens (tertiary/aromatic N) is 4. The second kappa shape index (κ2) is 16.4. The molecule has 2 heterocycles. The Kier molecular flexibility index (Phi) is 9.82. The summed E-state index contributed by atoms with van der Waals surface area (Å²) in [5.41, 5.74) is 19.0. The van der Waals surface area contributed by atoms with Crippen molar-refractivity contribution < 1.29 is 0 Å². The van der Waals surface area contributed by atoms with Crippen molar-refractivity contribution in [2.24, 2.45) is 9.98 Å². The van der Waals surface area contributed by atoms with Gasteiger partial charge in [-0.2, -0.15) is 0 Å². The molecule has 0 radical (unpaired) electrons. The van der Waals surface area contributed by atoms with Gasteiger partial charge in [0.1, 0.15) is 5.70 Å². The van der Waals surface area contributed by atoms with Crippen molar-refractivity contribution in [3.63, 3.8) is 0 Å². The molecule has 9 aromatic carbocycles. The minimum Gasteiger partial charge on any atom is -0.309 e. The molecular formula is C60H42N4. The molecule has 11 aromatic rings. The Morgan fingerprint density at radius 2 is 0.797 bits per heavy atom. The fourth-order valence-electron chi connectivity index (χ4n) is 9.04. The summed E-state index contributed by atoms with van der Waals surface area (Å²) in [5, 5.41) is 4.87. The van der Waals surface area contributed by atoms with Gasteiger partial charge in [-0.3, -0.25) is 0 Å². The molecule has 0 amide bonds. The van der Waals surface area contributed by atoms with Crippen LogP contribution in [0.15, 0.2) is 247 Å². The first-order valence-electron chi connectivity index (χ1n) is 21.6. The minimum absolute atomic E-state index is 0.602. The van der Waals surface area contributed by atoms with Crippen LogP contribution >= 0.6 is 0 Å². The average Bonchev–Trinajstić information content (AvgIpc) is 3.88. The molecule has 0 fully saturated rings. The topological polar surface area (TPSA) is 34.6 Å². The number of benzene rings is 9. The smallest absolute Gasteiger partial charge is 0.160 e. The molecule has 64 heavy (non-hydrogen) atoms. The number of para-hydroxylation sites is 3. The summed E-state index contributed by atoms with van der Waals surface area (Å²) in [4.78, 5) is 10.2. The minimum atomic E-state index is 0.602. The maximum atomic E-state index is 5.16. The highest BCUT2D eigenvalue weighted by Gasteiger charge is 2.17. The first-order valence-corrected chi connectivity index (χ1v) is 21.6. The summed E-state index contributed by atoms with van der Waals surface area (Å²) in [6.45, 7) is 6.01. The van der Waals surface area contributed by atoms with Gasteiger partial charge in [0, 0.05) is 49.8 Å². The second-order valence-corrected chi connectivity index (χ2v) is 16.0. The lowest BCUT2D eigenvalue weighted by Crippen LogP contribution is -2.04. The van der Waals surface area contributed by atoms with Crippen LogP contribution in [0.4, 0.5) is 0 Å². The fourth-order valence-corrected chi connectivity index (χ4v) is 9.04. The van der Waals surface area contributed by atoms with Gasteiger partial charge in [-0.05, 0) is 108 Å². The average molecular weight is 819 g/mol. The molecule has 11 rings (SSSR count). The highest BCUT2D eigenvalue weighted by molar-refractivity contribution is 6.15. The zero-order valence-electron chi connectivity index (χ0n) is 35.4. The number of fused-ring (bicyclic) bond motifs is 6. The normalized spacial score (nSPS) is 12.0. The molecule has 0 saturated carbocycles. The molecule has 0 atom stereocenters. The van der Waals surface area contributed by atoms with Gasteiger partial charge >= 0.3 is 0 Å².